The number of benzene rings is 2. The van der Waals surface area contributed by atoms with Crippen molar-refractivity contribution in [2.45, 2.75) is 63.1 Å². The van der Waals surface area contributed by atoms with Crippen molar-refractivity contribution in [1.29, 1.82) is 5.26 Å². The van der Waals surface area contributed by atoms with Crippen LogP contribution in [0.2, 0.25) is 0 Å². The number of carbonyl (C=O) groups is 2. The Morgan fingerprint density at radius 1 is 1.17 bits per heavy atom. The molecule has 0 saturated heterocycles. The molecule has 0 spiro atoms. The molecule has 10 heteroatoms. The van der Waals surface area contributed by atoms with Gasteiger partial charge in [0.15, 0.2) is 10.1 Å². The normalized spacial score (nSPS) is 17.1. The Balaban J connectivity index is 1.41. The summed E-state index contributed by atoms with van der Waals surface area (Å²) in [6, 6.07) is 16.2. The molecule has 0 bridgehead atoms. The summed E-state index contributed by atoms with van der Waals surface area (Å²) >= 11 is 2.57. The van der Waals surface area contributed by atoms with Crippen LogP contribution >= 0.6 is 23.1 Å². The number of rotatable bonds is 7. The highest BCUT2D eigenvalue weighted by Gasteiger charge is 2.41. The van der Waals surface area contributed by atoms with Gasteiger partial charge < -0.3 is 11.1 Å². The highest BCUT2D eigenvalue weighted by atomic mass is 32.2. The first-order valence-corrected chi connectivity index (χ1v) is 15.4. The van der Waals surface area contributed by atoms with E-state index in [1.165, 1.54) is 28.7 Å². The summed E-state index contributed by atoms with van der Waals surface area (Å²) in [7, 11) is 0. The number of hydrogen-bond donors (Lipinski definition) is 2. The van der Waals surface area contributed by atoms with Crippen molar-refractivity contribution >= 4 is 45.6 Å². The van der Waals surface area contributed by atoms with Crippen LogP contribution < -0.4 is 16.0 Å². The average Bonchev–Trinajstić information content (AvgIpc) is 3.42. The van der Waals surface area contributed by atoms with Crippen LogP contribution in [0.4, 0.5) is 10.8 Å². The van der Waals surface area contributed by atoms with E-state index in [2.05, 4.69) is 47.6 Å². The lowest BCUT2D eigenvalue weighted by Gasteiger charge is -2.38. The van der Waals surface area contributed by atoms with Gasteiger partial charge in [-0.1, -0.05) is 67.3 Å². The fraction of sp³-hybridized carbons (Fsp3) is 0.323. The minimum absolute atomic E-state index is 0.0246. The molecular formula is C31H32N6O2S2. The van der Waals surface area contributed by atoms with Crippen LogP contribution in [0.15, 0.2) is 69.5 Å². The molecule has 3 aromatic rings. The van der Waals surface area contributed by atoms with Crippen LogP contribution in [0.1, 0.15) is 67.2 Å². The number of nitrogens with two attached hydrogens (primary N) is 1. The van der Waals surface area contributed by atoms with Gasteiger partial charge in [-0.25, -0.2) is 0 Å². The van der Waals surface area contributed by atoms with Crippen LogP contribution in [0.25, 0.3) is 0 Å². The van der Waals surface area contributed by atoms with E-state index in [0.29, 0.717) is 45.8 Å². The standard InChI is InChI=1S/C31H32N6O2S2/c1-17(2)20-9-11-21(12-10-20)27-23(15-32)29(33)37(24-6-5-7-25(38)28(24)27)30-35-36-31(41-30)40-16-26(39)34-22-13-8-18(3)19(4)14-22/h8-14,17,27H,5-7,16,33H2,1-4H3,(H,34,39). The maximum atomic E-state index is 13.4. The predicted molar refractivity (Wildman–Crippen MR) is 164 cm³/mol. The molecule has 0 saturated carbocycles. The van der Waals surface area contributed by atoms with Crippen molar-refractivity contribution in [3.05, 3.63) is 87.4 Å². The third kappa shape index (κ3) is 5.78. The number of ketones is 1. The Labute approximate surface area is 248 Å². The molecule has 2 heterocycles. The van der Waals surface area contributed by atoms with Crippen molar-refractivity contribution < 1.29 is 9.59 Å². The number of nitrogens with one attached hydrogen (secondary N) is 1. The van der Waals surface area contributed by atoms with Gasteiger partial charge in [-0.2, -0.15) is 5.26 Å². The molecule has 1 aliphatic heterocycles. The van der Waals surface area contributed by atoms with Crippen molar-refractivity contribution in [3.8, 4) is 6.07 Å². The van der Waals surface area contributed by atoms with Crippen LogP contribution in [-0.4, -0.2) is 27.6 Å². The number of carbonyl (C=O) groups excluding carboxylic acids is 2. The van der Waals surface area contributed by atoms with E-state index >= 15 is 0 Å². The molecule has 1 aromatic heterocycles. The summed E-state index contributed by atoms with van der Waals surface area (Å²) < 4.78 is 0.595. The van der Waals surface area contributed by atoms with E-state index in [9.17, 15) is 14.9 Å². The number of allylic oxidation sites excluding steroid dienone is 3. The zero-order valence-corrected chi connectivity index (χ0v) is 25.2. The van der Waals surface area contributed by atoms with Crippen LogP contribution in [-0.2, 0) is 9.59 Å². The van der Waals surface area contributed by atoms with Gasteiger partial charge in [0.25, 0.3) is 0 Å². The smallest absolute Gasteiger partial charge is 0.234 e. The van der Waals surface area contributed by atoms with Crippen LogP contribution in [0.3, 0.4) is 0 Å². The highest BCUT2D eigenvalue weighted by molar-refractivity contribution is 8.01. The SMILES string of the molecule is Cc1ccc(NC(=O)CSc2nnc(N3C(N)=C(C#N)C(c4ccc(C(C)C)cc4)C4=C3CCCC4=O)s2)cc1C. The van der Waals surface area contributed by atoms with Crippen LogP contribution in [0, 0.1) is 25.2 Å². The molecule has 5 rings (SSSR count). The topological polar surface area (TPSA) is 125 Å². The molecule has 1 amide bonds. The largest absolute Gasteiger partial charge is 0.384 e. The van der Waals surface area contributed by atoms with E-state index < -0.39 is 5.92 Å². The van der Waals surface area contributed by atoms with E-state index in [-0.39, 0.29) is 23.3 Å². The van der Waals surface area contributed by atoms with E-state index in [1.807, 2.05) is 44.2 Å². The first-order chi connectivity index (χ1) is 19.7. The number of hydrogen-bond acceptors (Lipinski definition) is 9. The Bertz CT molecular complexity index is 1610. The van der Waals surface area contributed by atoms with Gasteiger partial charge in [-0.15, -0.1) is 10.2 Å². The number of nitrogens with zero attached hydrogens (tertiary/aromatic N) is 4. The van der Waals surface area contributed by atoms with Gasteiger partial charge in [-0.3, -0.25) is 14.5 Å². The first-order valence-electron chi connectivity index (χ1n) is 13.6. The number of aromatic nitrogens is 2. The third-order valence-corrected chi connectivity index (χ3v) is 9.60. The fourth-order valence-electron chi connectivity index (χ4n) is 5.21. The van der Waals surface area contributed by atoms with Crippen molar-refractivity contribution in [2.24, 2.45) is 5.73 Å². The number of thioether (sulfide) groups is 1. The quantitative estimate of drug-likeness (QED) is 0.309. The zero-order chi connectivity index (χ0) is 29.3. The van der Waals surface area contributed by atoms with E-state index in [1.54, 1.807) is 4.90 Å². The van der Waals surface area contributed by atoms with E-state index in [4.69, 9.17) is 5.73 Å². The fourth-order valence-corrected chi connectivity index (χ4v) is 6.89. The molecule has 1 aliphatic carbocycles. The monoisotopic (exact) mass is 584 g/mol. The number of aryl methyl sites for hydroxylation is 2. The Morgan fingerprint density at radius 2 is 1.93 bits per heavy atom. The molecule has 1 atom stereocenters. The van der Waals surface area contributed by atoms with Crippen molar-refractivity contribution in [2.75, 3.05) is 16.0 Å². The number of nitriles is 1. The minimum Gasteiger partial charge on any atom is -0.384 e. The molecule has 0 fully saturated rings. The summed E-state index contributed by atoms with van der Waals surface area (Å²) in [5.41, 5.74) is 13.5. The number of anilines is 2. The van der Waals surface area contributed by atoms with Crippen LogP contribution in [0.5, 0.6) is 0 Å². The highest BCUT2D eigenvalue weighted by Crippen LogP contribution is 2.47. The minimum atomic E-state index is -0.517. The third-order valence-electron chi connectivity index (χ3n) is 7.55. The Morgan fingerprint density at radius 3 is 2.61 bits per heavy atom. The van der Waals surface area contributed by atoms with Gasteiger partial charge >= 0.3 is 0 Å². The van der Waals surface area contributed by atoms with Gasteiger partial charge in [0, 0.05) is 23.4 Å². The molecular weight excluding hydrogens is 553 g/mol. The lowest BCUT2D eigenvalue weighted by molar-refractivity contribution is -0.116. The maximum Gasteiger partial charge on any atom is 0.234 e. The molecule has 1 unspecified atom stereocenters. The summed E-state index contributed by atoms with van der Waals surface area (Å²) in [5.74, 6) is 0.160. The lowest BCUT2D eigenvalue weighted by Crippen LogP contribution is -2.38. The van der Waals surface area contributed by atoms with Gasteiger partial charge in [0.05, 0.1) is 23.3 Å². The molecule has 2 aliphatic rings. The van der Waals surface area contributed by atoms with Gasteiger partial charge in [0.1, 0.15) is 5.82 Å². The molecule has 210 valence electrons. The average molecular weight is 585 g/mol. The molecule has 41 heavy (non-hydrogen) atoms. The maximum absolute atomic E-state index is 13.4. The van der Waals surface area contributed by atoms with Crippen molar-refractivity contribution in [3.63, 3.8) is 0 Å². The summed E-state index contributed by atoms with van der Waals surface area (Å²) in [5, 5.41) is 22.3. The van der Waals surface area contributed by atoms with Crippen molar-refractivity contribution in [1.82, 2.24) is 10.2 Å². The second-order valence-corrected chi connectivity index (χ2v) is 12.8. The van der Waals surface area contributed by atoms with Gasteiger partial charge in [0.2, 0.25) is 11.0 Å². The summed E-state index contributed by atoms with van der Waals surface area (Å²) in [4.78, 5) is 27.7. The first kappa shape index (κ1) is 28.6. The summed E-state index contributed by atoms with van der Waals surface area (Å²) in [6.45, 7) is 8.29. The second-order valence-electron chi connectivity index (χ2n) is 10.6. The predicted octanol–water partition coefficient (Wildman–Crippen LogP) is 6.31. The molecule has 8 nitrogen and oxygen atoms in total. The second kappa shape index (κ2) is 11.9. The van der Waals surface area contributed by atoms with E-state index in [0.717, 1.165) is 28.1 Å². The number of Topliss-reactive ketones (excluding diaryl/α,β-unsaturated/α-hetero) is 1. The molecule has 0 radical (unpaired) electrons. The molecule has 2 aromatic carbocycles. The van der Waals surface area contributed by atoms with Gasteiger partial charge in [-0.05, 0) is 67.0 Å². The summed E-state index contributed by atoms with van der Waals surface area (Å²) in [6.07, 6.45) is 1.77. The lowest BCUT2D eigenvalue weighted by atomic mass is 9.75. The Kier molecular flexibility index (Phi) is 8.29. The Hall–Kier alpha value is -3.94. The number of amides is 1. The zero-order valence-electron chi connectivity index (χ0n) is 23.5. The molecule has 3 N–H and O–H groups in total.